The molecule has 110 valence electrons. The second-order valence-electron chi connectivity index (χ2n) is 4.61. The summed E-state index contributed by atoms with van der Waals surface area (Å²) >= 11 is 7.44. The first-order chi connectivity index (χ1) is 9.97. The predicted octanol–water partition coefficient (Wildman–Crippen LogP) is 4.22. The lowest BCUT2D eigenvalue weighted by atomic mass is 10.2. The molecule has 0 radical (unpaired) electrons. The third-order valence-electron chi connectivity index (χ3n) is 2.57. The van der Waals surface area contributed by atoms with Crippen molar-refractivity contribution < 1.29 is 14.3 Å². The van der Waals surface area contributed by atoms with Gasteiger partial charge in [-0.1, -0.05) is 11.6 Å². The largest absolute Gasteiger partial charge is 0.459 e. The molecule has 0 aliphatic heterocycles. The Hall–Kier alpha value is -1.85. The number of thiophene rings is 1. The Morgan fingerprint density at radius 2 is 2.05 bits per heavy atom. The highest BCUT2D eigenvalue weighted by Crippen LogP contribution is 2.22. The van der Waals surface area contributed by atoms with E-state index >= 15 is 0 Å². The Bertz CT molecular complexity index is 653. The van der Waals surface area contributed by atoms with Crippen molar-refractivity contribution in [3.63, 3.8) is 0 Å². The van der Waals surface area contributed by atoms with Gasteiger partial charge in [-0.25, -0.2) is 4.79 Å². The fraction of sp³-hybridized carbons (Fsp3) is 0.200. The highest BCUT2D eigenvalue weighted by atomic mass is 35.5. The number of rotatable bonds is 4. The molecule has 0 atom stereocenters. The Morgan fingerprint density at radius 3 is 2.67 bits per heavy atom. The molecule has 0 bridgehead atoms. The Morgan fingerprint density at radius 1 is 1.29 bits per heavy atom. The Kier molecular flexibility index (Phi) is 4.98. The van der Waals surface area contributed by atoms with Crippen LogP contribution in [0, 0.1) is 0 Å². The molecule has 0 aliphatic carbocycles. The summed E-state index contributed by atoms with van der Waals surface area (Å²) in [6.45, 7) is 3.52. The van der Waals surface area contributed by atoms with E-state index < -0.39 is 5.97 Å². The summed E-state index contributed by atoms with van der Waals surface area (Å²) in [5, 5.41) is 6.58. The highest BCUT2D eigenvalue weighted by molar-refractivity contribution is 7.08. The molecule has 1 N–H and O–H groups in total. The minimum atomic E-state index is -0.512. The van der Waals surface area contributed by atoms with Gasteiger partial charge in [0.05, 0.1) is 22.3 Å². The lowest BCUT2D eigenvalue weighted by Crippen LogP contribution is -2.14. The first-order valence-corrected chi connectivity index (χ1v) is 7.63. The van der Waals surface area contributed by atoms with Crippen molar-refractivity contribution in [2.45, 2.75) is 20.0 Å². The zero-order valence-corrected chi connectivity index (χ0v) is 13.1. The van der Waals surface area contributed by atoms with Gasteiger partial charge in [0.15, 0.2) is 0 Å². The van der Waals surface area contributed by atoms with Gasteiger partial charge in [0.2, 0.25) is 0 Å². The predicted molar refractivity (Wildman–Crippen MR) is 84.3 cm³/mol. The number of nitrogens with one attached hydrogen (secondary N) is 1. The third kappa shape index (κ3) is 4.06. The topological polar surface area (TPSA) is 55.4 Å². The summed E-state index contributed by atoms with van der Waals surface area (Å²) in [5.41, 5.74) is 1.29. The van der Waals surface area contributed by atoms with E-state index in [9.17, 15) is 9.59 Å². The SMILES string of the molecule is CC(C)OC(=O)c1cc(NC(=O)c2ccsc2)ccc1Cl. The summed E-state index contributed by atoms with van der Waals surface area (Å²) in [5.74, 6) is -0.747. The molecule has 0 spiro atoms. The number of amides is 1. The van der Waals surface area contributed by atoms with Crippen LogP contribution >= 0.6 is 22.9 Å². The Balaban J connectivity index is 2.18. The zero-order chi connectivity index (χ0) is 15.4. The monoisotopic (exact) mass is 323 g/mol. The summed E-state index contributed by atoms with van der Waals surface area (Å²) in [7, 11) is 0. The highest BCUT2D eigenvalue weighted by Gasteiger charge is 2.15. The van der Waals surface area contributed by atoms with Crippen LogP contribution < -0.4 is 5.32 Å². The molecule has 1 heterocycles. The van der Waals surface area contributed by atoms with Crippen molar-refractivity contribution in [3.8, 4) is 0 Å². The summed E-state index contributed by atoms with van der Waals surface area (Å²) in [6.07, 6.45) is -0.238. The van der Waals surface area contributed by atoms with Crippen LogP contribution in [0.5, 0.6) is 0 Å². The first kappa shape index (κ1) is 15.5. The maximum atomic E-state index is 12.0. The number of hydrogen-bond acceptors (Lipinski definition) is 4. The van der Waals surface area contributed by atoms with Gasteiger partial charge in [-0.15, -0.1) is 0 Å². The molecule has 2 aromatic rings. The summed E-state index contributed by atoms with van der Waals surface area (Å²) in [6, 6.07) is 6.43. The second-order valence-corrected chi connectivity index (χ2v) is 5.80. The van der Waals surface area contributed by atoms with E-state index in [0.29, 0.717) is 11.3 Å². The van der Waals surface area contributed by atoms with Crippen LogP contribution in [0.1, 0.15) is 34.6 Å². The van der Waals surface area contributed by atoms with Crippen LogP contribution in [0.2, 0.25) is 5.02 Å². The van der Waals surface area contributed by atoms with Crippen LogP contribution in [0.3, 0.4) is 0 Å². The van der Waals surface area contributed by atoms with Gasteiger partial charge in [0.25, 0.3) is 5.91 Å². The average molecular weight is 324 g/mol. The minimum absolute atomic E-state index is 0.230. The number of carbonyl (C=O) groups is 2. The molecule has 4 nitrogen and oxygen atoms in total. The normalized spacial score (nSPS) is 10.5. The molecule has 6 heteroatoms. The smallest absolute Gasteiger partial charge is 0.339 e. The van der Waals surface area contributed by atoms with Gasteiger partial charge >= 0.3 is 5.97 Å². The van der Waals surface area contributed by atoms with Crippen LogP contribution in [0.15, 0.2) is 35.0 Å². The molecular formula is C15H14ClNO3S. The molecule has 0 saturated carbocycles. The molecule has 0 unspecified atom stereocenters. The standard InChI is InChI=1S/C15H14ClNO3S/c1-9(2)20-15(19)12-7-11(3-4-13(12)16)17-14(18)10-5-6-21-8-10/h3-9H,1-2H3,(H,17,18). The van der Waals surface area contributed by atoms with E-state index in [1.54, 1.807) is 37.4 Å². The number of halogens is 1. The van der Waals surface area contributed by atoms with E-state index in [1.165, 1.54) is 17.4 Å². The van der Waals surface area contributed by atoms with Gasteiger partial charge in [0, 0.05) is 11.1 Å². The van der Waals surface area contributed by atoms with Crippen LogP contribution in [-0.2, 0) is 4.74 Å². The molecule has 0 saturated heterocycles. The quantitative estimate of drug-likeness (QED) is 0.857. The molecule has 1 amide bonds. The van der Waals surface area contributed by atoms with Gasteiger partial charge < -0.3 is 10.1 Å². The Labute approximate surface area is 131 Å². The molecule has 1 aromatic carbocycles. The fourth-order valence-corrected chi connectivity index (χ4v) is 2.46. The number of anilines is 1. The van der Waals surface area contributed by atoms with Crippen molar-refractivity contribution in [1.29, 1.82) is 0 Å². The zero-order valence-electron chi connectivity index (χ0n) is 11.6. The molecular weight excluding hydrogens is 310 g/mol. The van der Waals surface area contributed by atoms with Crippen LogP contribution in [0.4, 0.5) is 5.69 Å². The van der Waals surface area contributed by atoms with Crippen molar-refractivity contribution in [1.82, 2.24) is 0 Å². The average Bonchev–Trinajstić information content (AvgIpc) is 2.94. The summed E-state index contributed by atoms with van der Waals surface area (Å²) in [4.78, 5) is 23.9. The van der Waals surface area contributed by atoms with Gasteiger partial charge in [-0.2, -0.15) is 11.3 Å². The number of ether oxygens (including phenoxy) is 1. The van der Waals surface area contributed by atoms with Gasteiger partial charge in [-0.3, -0.25) is 4.79 Å². The number of esters is 1. The van der Waals surface area contributed by atoms with Crippen LogP contribution in [-0.4, -0.2) is 18.0 Å². The minimum Gasteiger partial charge on any atom is -0.459 e. The second kappa shape index (κ2) is 6.74. The lowest BCUT2D eigenvalue weighted by molar-refractivity contribution is 0.0378. The molecule has 2 rings (SSSR count). The molecule has 21 heavy (non-hydrogen) atoms. The lowest BCUT2D eigenvalue weighted by Gasteiger charge is -2.11. The van der Waals surface area contributed by atoms with E-state index in [1.807, 2.05) is 5.38 Å². The summed E-state index contributed by atoms with van der Waals surface area (Å²) < 4.78 is 5.11. The maximum Gasteiger partial charge on any atom is 0.339 e. The van der Waals surface area contributed by atoms with Gasteiger partial charge in [0.1, 0.15) is 0 Å². The third-order valence-corrected chi connectivity index (χ3v) is 3.58. The van der Waals surface area contributed by atoms with Crippen LogP contribution in [0.25, 0.3) is 0 Å². The molecule has 1 aromatic heterocycles. The first-order valence-electron chi connectivity index (χ1n) is 6.31. The van der Waals surface area contributed by atoms with Crippen molar-refractivity contribution in [3.05, 3.63) is 51.2 Å². The maximum absolute atomic E-state index is 12.0. The number of benzene rings is 1. The van der Waals surface area contributed by atoms with E-state index in [2.05, 4.69) is 5.32 Å². The van der Waals surface area contributed by atoms with Crippen molar-refractivity contribution in [2.75, 3.05) is 5.32 Å². The van der Waals surface area contributed by atoms with E-state index in [4.69, 9.17) is 16.3 Å². The fourth-order valence-electron chi connectivity index (χ4n) is 1.63. The molecule has 0 fully saturated rings. The van der Waals surface area contributed by atoms with E-state index in [0.717, 1.165) is 0 Å². The van der Waals surface area contributed by atoms with Crippen molar-refractivity contribution in [2.24, 2.45) is 0 Å². The number of hydrogen-bond donors (Lipinski definition) is 1. The molecule has 0 aliphatic rings. The van der Waals surface area contributed by atoms with Crippen molar-refractivity contribution >= 4 is 40.5 Å². The number of carbonyl (C=O) groups excluding carboxylic acids is 2. The van der Waals surface area contributed by atoms with Gasteiger partial charge in [-0.05, 0) is 43.5 Å². The van der Waals surface area contributed by atoms with E-state index in [-0.39, 0.29) is 22.6 Å².